The molecule has 12 heteroatoms. The first kappa shape index (κ1) is 28.4. The molecule has 9 nitrogen and oxygen atoms in total. The fraction of sp³-hybridized carbons (Fsp3) is 0.462. The number of aromatic amines is 1. The van der Waals surface area contributed by atoms with E-state index in [0.29, 0.717) is 30.0 Å². The molecule has 0 radical (unpaired) electrons. The molecule has 38 heavy (non-hydrogen) atoms. The number of hydrogen-bond acceptors (Lipinski definition) is 6. The number of carbonyl (C=O) groups is 2. The average molecular weight is 579 g/mol. The summed E-state index contributed by atoms with van der Waals surface area (Å²) in [5.74, 6) is 0.284. The van der Waals surface area contributed by atoms with Crippen LogP contribution in [0.15, 0.2) is 29.0 Å². The van der Waals surface area contributed by atoms with Gasteiger partial charge in [-0.05, 0) is 74.1 Å². The Bertz CT molecular complexity index is 1220. The van der Waals surface area contributed by atoms with Gasteiger partial charge in [-0.3, -0.25) is 15.2 Å². The van der Waals surface area contributed by atoms with Crippen LogP contribution >= 0.6 is 34.5 Å². The fourth-order valence-corrected chi connectivity index (χ4v) is 6.06. The molecule has 204 valence electrons. The molecule has 3 aromatic rings. The number of amides is 3. The lowest BCUT2D eigenvalue weighted by Gasteiger charge is -2.40. The number of anilines is 1. The summed E-state index contributed by atoms with van der Waals surface area (Å²) in [6.45, 7) is 8.70. The summed E-state index contributed by atoms with van der Waals surface area (Å²) in [7, 11) is 0. The van der Waals surface area contributed by atoms with Gasteiger partial charge < -0.3 is 15.1 Å². The van der Waals surface area contributed by atoms with Crippen LogP contribution in [0.2, 0.25) is 10.3 Å². The molecule has 1 aliphatic heterocycles. The fourth-order valence-electron chi connectivity index (χ4n) is 4.78. The Balaban J connectivity index is 1.29. The van der Waals surface area contributed by atoms with E-state index in [1.165, 1.54) is 0 Å². The second-order valence-corrected chi connectivity index (χ2v) is 11.2. The largest absolute Gasteiger partial charge is 0.352 e. The molecule has 1 atom stereocenters. The predicted molar refractivity (Wildman–Crippen MR) is 152 cm³/mol. The van der Waals surface area contributed by atoms with Crippen LogP contribution in [0.3, 0.4) is 0 Å². The Morgan fingerprint density at radius 3 is 2.66 bits per heavy atom. The van der Waals surface area contributed by atoms with Crippen LogP contribution in [0.5, 0.6) is 0 Å². The first-order chi connectivity index (χ1) is 18.2. The molecule has 0 saturated carbocycles. The van der Waals surface area contributed by atoms with Crippen molar-refractivity contribution in [3.05, 3.63) is 61.6 Å². The highest BCUT2D eigenvalue weighted by Crippen LogP contribution is 2.24. The number of piperidine rings is 1. The van der Waals surface area contributed by atoms with Crippen LogP contribution < -0.4 is 10.6 Å². The van der Waals surface area contributed by atoms with Crippen molar-refractivity contribution in [2.45, 2.75) is 58.7 Å². The van der Waals surface area contributed by atoms with E-state index in [0.717, 1.165) is 43.6 Å². The third kappa shape index (κ3) is 7.25. The average Bonchev–Trinajstić information content (AvgIpc) is 3.53. The molecule has 4 rings (SSSR count). The lowest BCUT2D eigenvalue weighted by atomic mass is 10.0. The third-order valence-electron chi connectivity index (χ3n) is 6.91. The van der Waals surface area contributed by atoms with Crippen molar-refractivity contribution in [2.75, 3.05) is 25.0 Å². The molecule has 0 bridgehead atoms. The van der Waals surface area contributed by atoms with E-state index in [-0.39, 0.29) is 34.3 Å². The Morgan fingerprint density at radius 1 is 1.26 bits per heavy atom. The summed E-state index contributed by atoms with van der Waals surface area (Å²) in [6, 6.07) is 5.78. The van der Waals surface area contributed by atoms with E-state index in [1.54, 1.807) is 24.3 Å². The number of halogens is 2. The molecule has 3 N–H and O–H groups in total. The molecular weight excluding hydrogens is 545 g/mol. The van der Waals surface area contributed by atoms with Gasteiger partial charge in [-0.15, -0.1) is 0 Å². The molecule has 1 fully saturated rings. The minimum Gasteiger partial charge on any atom is -0.352 e. The Kier molecular flexibility index (Phi) is 9.64. The number of urea groups is 1. The zero-order chi connectivity index (χ0) is 27.2. The monoisotopic (exact) mass is 577 g/mol. The number of thiophene rings is 1. The second kappa shape index (κ2) is 12.9. The van der Waals surface area contributed by atoms with Crippen molar-refractivity contribution in [1.82, 2.24) is 30.3 Å². The first-order valence-electron chi connectivity index (χ1n) is 12.7. The van der Waals surface area contributed by atoms with Crippen LogP contribution in [0.4, 0.5) is 10.6 Å². The smallest absolute Gasteiger partial charge is 0.323 e. The summed E-state index contributed by atoms with van der Waals surface area (Å²) in [5.41, 5.74) is 3.08. The summed E-state index contributed by atoms with van der Waals surface area (Å²) in [4.78, 5) is 34.2. The zero-order valence-electron chi connectivity index (χ0n) is 21.8. The number of carbonyl (C=O) groups excluding carboxylic acids is 2. The van der Waals surface area contributed by atoms with Crippen molar-refractivity contribution in [3.8, 4) is 0 Å². The predicted octanol–water partition coefficient (Wildman–Crippen LogP) is 5.50. The van der Waals surface area contributed by atoms with Crippen molar-refractivity contribution < 1.29 is 9.59 Å². The molecule has 1 aliphatic rings. The van der Waals surface area contributed by atoms with E-state index >= 15 is 0 Å². The van der Waals surface area contributed by atoms with Crippen molar-refractivity contribution in [2.24, 2.45) is 0 Å². The van der Waals surface area contributed by atoms with Crippen molar-refractivity contribution in [3.63, 3.8) is 0 Å². The molecule has 0 spiro atoms. The summed E-state index contributed by atoms with van der Waals surface area (Å²) in [5, 5.41) is 17.4. The van der Waals surface area contributed by atoms with Crippen molar-refractivity contribution >= 4 is 52.3 Å². The normalized spacial score (nSPS) is 15.3. The molecule has 1 saturated heterocycles. The third-order valence-corrected chi connectivity index (χ3v) is 8.11. The van der Waals surface area contributed by atoms with Crippen LogP contribution in [-0.2, 0) is 6.54 Å². The Hall–Kier alpha value is -2.66. The second-order valence-electron chi connectivity index (χ2n) is 9.71. The number of aryl methyl sites for hydroxylation is 2. The van der Waals surface area contributed by atoms with Crippen molar-refractivity contribution in [1.29, 1.82) is 0 Å². The van der Waals surface area contributed by atoms with E-state index < -0.39 is 0 Å². The van der Waals surface area contributed by atoms with Gasteiger partial charge in [0.25, 0.3) is 5.91 Å². The number of hydrogen-bond donors (Lipinski definition) is 3. The number of pyridine rings is 1. The maximum atomic E-state index is 13.2. The van der Waals surface area contributed by atoms with Gasteiger partial charge >= 0.3 is 6.03 Å². The Morgan fingerprint density at radius 2 is 2.03 bits per heavy atom. The number of nitrogens with zero attached hydrogens (tertiary/aromatic N) is 4. The van der Waals surface area contributed by atoms with Gasteiger partial charge in [-0.1, -0.05) is 23.2 Å². The highest BCUT2D eigenvalue weighted by atomic mass is 35.5. The van der Waals surface area contributed by atoms with Gasteiger partial charge in [0.1, 0.15) is 10.3 Å². The zero-order valence-corrected chi connectivity index (χ0v) is 24.1. The topological polar surface area (TPSA) is 106 Å². The maximum absolute atomic E-state index is 13.2. The molecule has 3 amide bonds. The van der Waals surface area contributed by atoms with Gasteiger partial charge in [-0.2, -0.15) is 16.4 Å². The SMILES string of the molecule is Cc1cc(NC(=O)N(Cc2ccsc2)C2CCN(C(C)CCNC(=O)c3c(C)cc(Cl)nc3Cl)CC2)n[nH]1. The van der Waals surface area contributed by atoms with Gasteiger partial charge in [0.05, 0.1) is 5.56 Å². The lowest BCUT2D eigenvalue weighted by Crippen LogP contribution is -2.50. The quantitative estimate of drug-likeness (QED) is 0.291. The van der Waals surface area contributed by atoms with Crippen LogP contribution in [0.1, 0.15) is 53.4 Å². The number of rotatable bonds is 9. The number of H-pyrrole nitrogens is 1. The minimum atomic E-state index is -0.246. The standard InChI is InChI=1S/C26H33Cl2N7O2S/c1-16-12-21(27)30-24(28)23(16)25(36)29-8-4-18(3)34-9-5-20(6-10-34)35(14-19-7-11-38-15-19)26(37)31-22-13-17(2)32-33-22/h7,11-13,15,18,20H,4-6,8-10,14H2,1-3H3,(H,29,36)(H2,31,32,33,37). The summed E-state index contributed by atoms with van der Waals surface area (Å²) in [6.07, 6.45) is 2.55. The molecular formula is C26H33Cl2N7O2S. The van der Waals surface area contributed by atoms with Gasteiger partial charge in [0.2, 0.25) is 0 Å². The van der Waals surface area contributed by atoms with Gasteiger partial charge in [0.15, 0.2) is 5.82 Å². The Labute approximate surface area is 236 Å². The molecule has 1 unspecified atom stereocenters. The molecule has 0 aliphatic carbocycles. The van der Waals surface area contributed by atoms with Crippen LogP contribution in [0.25, 0.3) is 0 Å². The molecule has 4 heterocycles. The van der Waals surface area contributed by atoms with Crippen LogP contribution in [0, 0.1) is 13.8 Å². The van der Waals surface area contributed by atoms with Crippen LogP contribution in [-0.4, -0.2) is 68.6 Å². The summed E-state index contributed by atoms with van der Waals surface area (Å²) >= 11 is 13.7. The highest BCUT2D eigenvalue weighted by Gasteiger charge is 2.30. The number of likely N-dealkylation sites (tertiary alicyclic amines) is 1. The summed E-state index contributed by atoms with van der Waals surface area (Å²) < 4.78 is 0. The van der Waals surface area contributed by atoms with Gasteiger partial charge in [0, 0.05) is 50.0 Å². The minimum absolute atomic E-state index is 0.112. The highest BCUT2D eigenvalue weighted by molar-refractivity contribution is 7.07. The maximum Gasteiger partial charge on any atom is 0.323 e. The first-order valence-corrected chi connectivity index (χ1v) is 14.4. The molecule has 3 aromatic heterocycles. The number of aromatic nitrogens is 3. The molecule has 0 aromatic carbocycles. The number of nitrogens with one attached hydrogen (secondary N) is 3. The van der Waals surface area contributed by atoms with Gasteiger partial charge in [-0.25, -0.2) is 9.78 Å². The van der Waals surface area contributed by atoms with E-state index in [1.807, 2.05) is 23.3 Å². The van der Waals surface area contributed by atoms with E-state index in [9.17, 15) is 9.59 Å². The lowest BCUT2D eigenvalue weighted by molar-refractivity contribution is 0.0919. The van der Waals surface area contributed by atoms with E-state index in [4.69, 9.17) is 23.2 Å². The van der Waals surface area contributed by atoms with E-state index in [2.05, 4.69) is 49.1 Å².